The van der Waals surface area contributed by atoms with E-state index >= 15 is 0 Å². The summed E-state index contributed by atoms with van der Waals surface area (Å²) in [4.78, 5) is 15.1. The third-order valence-electron chi connectivity index (χ3n) is 5.53. The number of nitrogens with one attached hydrogen (secondary N) is 1. The lowest BCUT2D eigenvalue weighted by Crippen LogP contribution is -2.40. The van der Waals surface area contributed by atoms with E-state index in [2.05, 4.69) is 39.9 Å². The van der Waals surface area contributed by atoms with E-state index in [0.717, 1.165) is 18.4 Å². The summed E-state index contributed by atoms with van der Waals surface area (Å²) in [6.45, 7) is 0.551. The van der Waals surface area contributed by atoms with Crippen LogP contribution in [0.2, 0.25) is 0 Å². The molecule has 1 saturated carbocycles. The maximum absolute atomic E-state index is 13.2. The van der Waals surface area contributed by atoms with Crippen molar-refractivity contribution in [3.05, 3.63) is 70.9 Å². The summed E-state index contributed by atoms with van der Waals surface area (Å²) in [5.74, 6) is -0.229. The average Bonchev–Trinajstić information content (AvgIpc) is 3.37. The van der Waals surface area contributed by atoms with Gasteiger partial charge in [-0.3, -0.25) is 4.79 Å². The molecule has 0 spiro atoms. The second kappa shape index (κ2) is 7.06. The lowest BCUT2D eigenvalue weighted by Gasteiger charge is -2.26. The van der Waals surface area contributed by atoms with Crippen LogP contribution in [0.3, 0.4) is 0 Å². The van der Waals surface area contributed by atoms with Crippen molar-refractivity contribution in [2.24, 2.45) is 0 Å². The maximum atomic E-state index is 13.2. The molecule has 2 aromatic carbocycles. The minimum atomic E-state index is -0.485. The molecule has 1 aliphatic rings. The molecule has 0 bridgehead atoms. The average molecular weight is 383 g/mol. The largest absolute Gasteiger partial charge is 0.353 e. The number of hydrogen-bond acceptors (Lipinski definition) is 3. The highest BCUT2D eigenvalue weighted by Crippen LogP contribution is 2.48. The lowest BCUT2D eigenvalue weighted by molar-refractivity contribution is -0.123. The Kier molecular flexibility index (Phi) is 4.74. The van der Waals surface area contributed by atoms with Gasteiger partial charge in [-0.2, -0.15) is 0 Å². The minimum Gasteiger partial charge on any atom is -0.353 e. The predicted molar refractivity (Wildman–Crippen MR) is 109 cm³/mol. The molecule has 3 nitrogen and oxygen atoms in total. The number of hydrogen-bond donors (Lipinski definition) is 1. The Morgan fingerprint density at radius 3 is 2.56 bits per heavy atom. The normalized spacial score (nSPS) is 16.4. The van der Waals surface area contributed by atoms with Gasteiger partial charge < -0.3 is 10.2 Å². The van der Waals surface area contributed by atoms with Crippen LogP contribution in [0.15, 0.2) is 53.9 Å². The summed E-state index contributed by atoms with van der Waals surface area (Å²) in [7, 11) is 4.08. The number of halogens is 1. The first-order valence-electron chi connectivity index (χ1n) is 9.18. The predicted octanol–water partition coefficient (Wildman–Crippen LogP) is 4.49. The summed E-state index contributed by atoms with van der Waals surface area (Å²) < 4.78 is 14.5. The highest BCUT2D eigenvalue weighted by molar-refractivity contribution is 7.17. The molecule has 0 aliphatic heterocycles. The SMILES string of the molecule is CN(C)C(CNC(=O)C1(c2ccc(F)cc2)CC1)c1csc2ccccc12. The lowest BCUT2D eigenvalue weighted by atomic mass is 9.94. The van der Waals surface area contributed by atoms with Crippen molar-refractivity contribution in [2.45, 2.75) is 24.3 Å². The van der Waals surface area contributed by atoms with Crippen molar-refractivity contribution in [2.75, 3.05) is 20.6 Å². The molecule has 1 aromatic heterocycles. The van der Waals surface area contributed by atoms with E-state index in [1.54, 1.807) is 23.5 Å². The second-order valence-corrected chi connectivity index (χ2v) is 8.38. The molecule has 1 amide bonds. The molecule has 1 aliphatic carbocycles. The fourth-order valence-corrected chi connectivity index (χ4v) is 4.73. The number of thiophene rings is 1. The number of fused-ring (bicyclic) bond motifs is 1. The van der Waals surface area contributed by atoms with E-state index in [1.807, 2.05) is 14.1 Å². The molecule has 1 heterocycles. The molecular formula is C22H23FN2OS. The monoisotopic (exact) mass is 382 g/mol. The number of nitrogens with zero attached hydrogens (tertiary/aromatic N) is 1. The third kappa shape index (κ3) is 3.37. The molecule has 0 radical (unpaired) electrons. The number of likely N-dealkylation sites (N-methyl/N-ethyl adjacent to an activating group) is 1. The van der Waals surface area contributed by atoms with Crippen LogP contribution in [-0.2, 0) is 10.2 Å². The standard InChI is InChI=1S/C22H23FN2OS/c1-25(2)19(18-14-27-20-6-4-3-5-17(18)20)13-24-21(26)22(11-12-22)15-7-9-16(23)10-8-15/h3-10,14,19H,11-13H2,1-2H3,(H,24,26). The third-order valence-corrected chi connectivity index (χ3v) is 6.51. The number of rotatable bonds is 6. The Bertz CT molecular complexity index is 960. The Hall–Kier alpha value is -2.24. The van der Waals surface area contributed by atoms with Gasteiger partial charge in [0.1, 0.15) is 5.82 Å². The van der Waals surface area contributed by atoms with Gasteiger partial charge in [0, 0.05) is 11.2 Å². The molecule has 0 saturated heterocycles. The fraction of sp³-hybridized carbons (Fsp3) is 0.318. The van der Waals surface area contributed by atoms with Crippen molar-refractivity contribution in [3.8, 4) is 0 Å². The van der Waals surface area contributed by atoms with Gasteiger partial charge >= 0.3 is 0 Å². The zero-order chi connectivity index (χ0) is 19.0. The van der Waals surface area contributed by atoms with Gasteiger partial charge in [0.25, 0.3) is 0 Å². The first kappa shape index (κ1) is 18.1. The topological polar surface area (TPSA) is 32.3 Å². The highest BCUT2D eigenvalue weighted by Gasteiger charge is 2.51. The van der Waals surface area contributed by atoms with Crippen molar-refractivity contribution >= 4 is 27.3 Å². The van der Waals surface area contributed by atoms with E-state index in [-0.39, 0.29) is 17.8 Å². The van der Waals surface area contributed by atoms with E-state index in [0.29, 0.717) is 6.54 Å². The zero-order valence-electron chi connectivity index (χ0n) is 15.5. The van der Waals surface area contributed by atoms with Crippen LogP contribution in [0.25, 0.3) is 10.1 Å². The van der Waals surface area contributed by atoms with Gasteiger partial charge in [0.2, 0.25) is 5.91 Å². The molecular weight excluding hydrogens is 359 g/mol. The van der Waals surface area contributed by atoms with Gasteiger partial charge in [-0.05, 0) is 67.0 Å². The van der Waals surface area contributed by atoms with Crippen molar-refractivity contribution < 1.29 is 9.18 Å². The number of carbonyl (C=O) groups excluding carboxylic acids is 1. The van der Waals surface area contributed by atoms with Crippen LogP contribution in [0, 0.1) is 5.82 Å². The number of benzene rings is 2. The highest BCUT2D eigenvalue weighted by atomic mass is 32.1. The van der Waals surface area contributed by atoms with Crippen LogP contribution in [0.5, 0.6) is 0 Å². The summed E-state index contributed by atoms with van der Waals surface area (Å²) in [5.41, 5.74) is 1.66. The first-order chi connectivity index (χ1) is 13.0. The Balaban J connectivity index is 1.52. The summed E-state index contributed by atoms with van der Waals surface area (Å²) in [6, 6.07) is 14.8. The van der Waals surface area contributed by atoms with Crippen LogP contribution in [0.1, 0.15) is 30.0 Å². The van der Waals surface area contributed by atoms with Gasteiger partial charge in [-0.25, -0.2) is 4.39 Å². The van der Waals surface area contributed by atoms with Gasteiger partial charge in [0.15, 0.2) is 0 Å². The zero-order valence-corrected chi connectivity index (χ0v) is 16.4. The molecule has 27 heavy (non-hydrogen) atoms. The van der Waals surface area contributed by atoms with E-state index < -0.39 is 5.41 Å². The summed E-state index contributed by atoms with van der Waals surface area (Å²) in [5, 5.41) is 6.60. The molecule has 4 rings (SSSR count). The molecule has 1 unspecified atom stereocenters. The van der Waals surface area contributed by atoms with Crippen molar-refractivity contribution in [3.63, 3.8) is 0 Å². The molecule has 1 atom stereocenters. The van der Waals surface area contributed by atoms with Crippen molar-refractivity contribution in [1.82, 2.24) is 10.2 Å². The van der Waals surface area contributed by atoms with Crippen LogP contribution in [0.4, 0.5) is 4.39 Å². The van der Waals surface area contributed by atoms with E-state index in [9.17, 15) is 9.18 Å². The van der Waals surface area contributed by atoms with Gasteiger partial charge in [-0.15, -0.1) is 11.3 Å². The van der Waals surface area contributed by atoms with Gasteiger partial charge in [-0.1, -0.05) is 30.3 Å². The number of amides is 1. The number of carbonyl (C=O) groups is 1. The maximum Gasteiger partial charge on any atom is 0.230 e. The fourth-order valence-electron chi connectivity index (χ4n) is 3.73. The van der Waals surface area contributed by atoms with Crippen LogP contribution >= 0.6 is 11.3 Å². The first-order valence-corrected chi connectivity index (χ1v) is 10.1. The van der Waals surface area contributed by atoms with Crippen LogP contribution < -0.4 is 5.32 Å². The molecule has 140 valence electrons. The summed E-state index contributed by atoms with van der Waals surface area (Å²) >= 11 is 1.74. The Morgan fingerprint density at radius 1 is 1.19 bits per heavy atom. The molecule has 5 heteroatoms. The quantitative estimate of drug-likeness (QED) is 0.681. The van der Waals surface area contributed by atoms with E-state index in [4.69, 9.17) is 0 Å². The van der Waals surface area contributed by atoms with E-state index in [1.165, 1.54) is 27.8 Å². The molecule has 3 aromatic rings. The molecule has 1 fully saturated rings. The van der Waals surface area contributed by atoms with Gasteiger partial charge in [0.05, 0.1) is 11.5 Å². The van der Waals surface area contributed by atoms with Crippen molar-refractivity contribution in [1.29, 1.82) is 0 Å². The van der Waals surface area contributed by atoms with Crippen LogP contribution in [-0.4, -0.2) is 31.4 Å². The summed E-state index contributed by atoms with van der Waals surface area (Å²) in [6.07, 6.45) is 1.64. The molecule has 1 N–H and O–H groups in total. The Labute approximate surface area is 162 Å². The minimum absolute atomic E-state index is 0.0421. The Morgan fingerprint density at radius 2 is 1.89 bits per heavy atom. The second-order valence-electron chi connectivity index (χ2n) is 7.47. The smallest absolute Gasteiger partial charge is 0.230 e.